The summed E-state index contributed by atoms with van der Waals surface area (Å²) in [6.07, 6.45) is 0. The Kier molecular flexibility index (Phi) is 3.82. The Morgan fingerprint density at radius 2 is 1.60 bits per heavy atom. The van der Waals surface area contributed by atoms with Crippen molar-refractivity contribution in [2.24, 2.45) is 0 Å². The summed E-state index contributed by atoms with van der Waals surface area (Å²) < 4.78 is 5.23. The fraction of sp³-hybridized carbons (Fsp3) is 0.0455. The van der Waals surface area contributed by atoms with Gasteiger partial charge in [0.1, 0.15) is 11.5 Å². The molecule has 4 rings (SSSR count). The average molecular weight is 327 g/mol. The van der Waals surface area contributed by atoms with Crippen molar-refractivity contribution in [3.8, 4) is 34.0 Å². The van der Waals surface area contributed by atoms with Gasteiger partial charge in [0.05, 0.1) is 18.5 Å². The van der Waals surface area contributed by atoms with Crippen molar-refractivity contribution >= 4 is 10.8 Å². The SMILES string of the molecule is COc1ccc(-c2cc3ccccc3c(-c3cccc(O)c3)n2)cc1. The number of methoxy groups -OCH3 is 1. The average Bonchev–Trinajstić information content (AvgIpc) is 2.67. The van der Waals surface area contributed by atoms with Crippen LogP contribution in [0.4, 0.5) is 0 Å². The summed E-state index contributed by atoms with van der Waals surface area (Å²) in [5.74, 6) is 1.05. The van der Waals surface area contributed by atoms with Crippen LogP contribution in [0.3, 0.4) is 0 Å². The first kappa shape index (κ1) is 15.2. The Labute approximate surface area is 146 Å². The summed E-state index contributed by atoms with van der Waals surface area (Å²) in [5, 5.41) is 12.0. The Hall–Kier alpha value is -3.33. The lowest BCUT2D eigenvalue weighted by molar-refractivity contribution is 0.415. The zero-order chi connectivity index (χ0) is 17.2. The Balaban J connectivity index is 1.94. The van der Waals surface area contributed by atoms with E-state index < -0.39 is 0 Å². The van der Waals surface area contributed by atoms with Crippen LogP contribution < -0.4 is 4.74 Å². The van der Waals surface area contributed by atoms with E-state index in [0.29, 0.717) is 0 Å². The first-order valence-corrected chi connectivity index (χ1v) is 8.08. The van der Waals surface area contributed by atoms with E-state index in [1.54, 1.807) is 19.2 Å². The number of phenols is 1. The predicted molar refractivity (Wildman–Crippen MR) is 101 cm³/mol. The lowest BCUT2D eigenvalue weighted by Gasteiger charge is -2.11. The molecule has 25 heavy (non-hydrogen) atoms. The lowest BCUT2D eigenvalue weighted by Crippen LogP contribution is -1.91. The quantitative estimate of drug-likeness (QED) is 0.556. The molecule has 0 atom stereocenters. The molecule has 0 aliphatic carbocycles. The first-order valence-electron chi connectivity index (χ1n) is 8.08. The van der Waals surface area contributed by atoms with Gasteiger partial charge in [-0.15, -0.1) is 0 Å². The molecule has 0 aliphatic rings. The smallest absolute Gasteiger partial charge is 0.118 e. The molecule has 0 fully saturated rings. The minimum Gasteiger partial charge on any atom is -0.508 e. The molecule has 0 bridgehead atoms. The van der Waals surface area contributed by atoms with Crippen molar-refractivity contribution in [1.29, 1.82) is 0 Å². The Bertz CT molecular complexity index is 1040. The number of rotatable bonds is 3. The topological polar surface area (TPSA) is 42.4 Å². The maximum absolute atomic E-state index is 9.85. The molecule has 122 valence electrons. The molecule has 1 heterocycles. The van der Waals surface area contributed by atoms with E-state index in [4.69, 9.17) is 9.72 Å². The second-order valence-corrected chi connectivity index (χ2v) is 5.86. The number of ether oxygens (including phenoxy) is 1. The molecular formula is C22H17NO2. The minimum atomic E-state index is 0.234. The van der Waals surface area contributed by atoms with E-state index in [0.717, 1.165) is 39.0 Å². The van der Waals surface area contributed by atoms with Gasteiger partial charge in [-0.1, -0.05) is 36.4 Å². The number of pyridine rings is 1. The number of hydrogen-bond donors (Lipinski definition) is 1. The maximum atomic E-state index is 9.85. The van der Waals surface area contributed by atoms with Crippen LogP contribution in [0.25, 0.3) is 33.3 Å². The van der Waals surface area contributed by atoms with E-state index in [2.05, 4.69) is 18.2 Å². The zero-order valence-corrected chi connectivity index (χ0v) is 13.8. The molecule has 1 N–H and O–H groups in total. The molecule has 0 spiro atoms. The number of nitrogens with zero attached hydrogens (tertiary/aromatic N) is 1. The van der Waals surface area contributed by atoms with Crippen molar-refractivity contribution < 1.29 is 9.84 Å². The number of aromatic nitrogens is 1. The fourth-order valence-electron chi connectivity index (χ4n) is 2.98. The van der Waals surface area contributed by atoms with Gasteiger partial charge in [-0.05, 0) is 47.9 Å². The number of hydrogen-bond acceptors (Lipinski definition) is 3. The predicted octanol–water partition coefficient (Wildman–Crippen LogP) is 5.28. The van der Waals surface area contributed by atoms with Crippen molar-refractivity contribution in [3.05, 3.63) is 78.9 Å². The molecule has 0 unspecified atom stereocenters. The van der Waals surface area contributed by atoms with Crippen molar-refractivity contribution in [2.75, 3.05) is 7.11 Å². The highest BCUT2D eigenvalue weighted by Crippen LogP contribution is 2.32. The largest absolute Gasteiger partial charge is 0.508 e. The van der Waals surface area contributed by atoms with Crippen LogP contribution in [-0.2, 0) is 0 Å². The number of aromatic hydroxyl groups is 1. The van der Waals surface area contributed by atoms with Crippen LogP contribution in [0.1, 0.15) is 0 Å². The third-order valence-corrected chi connectivity index (χ3v) is 4.25. The molecule has 0 aliphatic heterocycles. The van der Waals surface area contributed by atoms with Crippen molar-refractivity contribution in [2.45, 2.75) is 0 Å². The molecule has 0 amide bonds. The highest BCUT2D eigenvalue weighted by atomic mass is 16.5. The Morgan fingerprint density at radius 1 is 0.800 bits per heavy atom. The number of fused-ring (bicyclic) bond motifs is 1. The van der Waals surface area contributed by atoms with Crippen LogP contribution >= 0.6 is 0 Å². The summed E-state index contributed by atoms with van der Waals surface area (Å²) in [4.78, 5) is 4.89. The molecule has 3 nitrogen and oxygen atoms in total. The van der Waals surface area contributed by atoms with Crippen molar-refractivity contribution in [3.63, 3.8) is 0 Å². The van der Waals surface area contributed by atoms with Gasteiger partial charge in [0.25, 0.3) is 0 Å². The fourth-order valence-corrected chi connectivity index (χ4v) is 2.98. The molecule has 1 aromatic heterocycles. The molecule has 4 aromatic rings. The van der Waals surface area contributed by atoms with Gasteiger partial charge in [0.2, 0.25) is 0 Å². The van der Waals surface area contributed by atoms with Crippen LogP contribution in [0.2, 0.25) is 0 Å². The molecule has 3 heteroatoms. The van der Waals surface area contributed by atoms with E-state index in [9.17, 15) is 5.11 Å². The van der Waals surface area contributed by atoms with Gasteiger partial charge in [0.15, 0.2) is 0 Å². The molecule has 0 saturated heterocycles. The highest BCUT2D eigenvalue weighted by Gasteiger charge is 2.10. The summed E-state index contributed by atoms with van der Waals surface area (Å²) >= 11 is 0. The van der Waals surface area contributed by atoms with E-state index >= 15 is 0 Å². The van der Waals surface area contributed by atoms with Crippen LogP contribution in [0.15, 0.2) is 78.9 Å². The second kappa shape index (κ2) is 6.29. The van der Waals surface area contributed by atoms with Gasteiger partial charge in [0, 0.05) is 16.5 Å². The monoisotopic (exact) mass is 327 g/mol. The first-order chi connectivity index (χ1) is 12.2. The molecule has 0 saturated carbocycles. The van der Waals surface area contributed by atoms with Crippen molar-refractivity contribution in [1.82, 2.24) is 4.98 Å². The van der Waals surface area contributed by atoms with Gasteiger partial charge in [-0.2, -0.15) is 0 Å². The summed E-state index contributed by atoms with van der Waals surface area (Å²) in [7, 11) is 1.66. The van der Waals surface area contributed by atoms with E-state index in [-0.39, 0.29) is 5.75 Å². The molecule has 0 radical (unpaired) electrons. The van der Waals surface area contributed by atoms with Gasteiger partial charge >= 0.3 is 0 Å². The summed E-state index contributed by atoms with van der Waals surface area (Å²) in [5.41, 5.74) is 3.67. The maximum Gasteiger partial charge on any atom is 0.118 e. The van der Waals surface area contributed by atoms with Crippen LogP contribution in [-0.4, -0.2) is 17.2 Å². The normalized spacial score (nSPS) is 10.8. The number of phenolic OH excluding ortho intramolecular Hbond substituents is 1. The molecule has 3 aromatic carbocycles. The zero-order valence-electron chi connectivity index (χ0n) is 13.8. The lowest BCUT2D eigenvalue weighted by atomic mass is 10.0. The third kappa shape index (κ3) is 2.92. The van der Waals surface area contributed by atoms with Crippen LogP contribution in [0, 0.1) is 0 Å². The summed E-state index contributed by atoms with van der Waals surface area (Å²) in [6, 6.07) is 25.3. The standard InChI is InChI=1S/C22H17NO2/c1-25-19-11-9-15(10-12-19)21-14-16-5-2-3-8-20(16)22(23-21)17-6-4-7-18(24)13-17/h2-14,24H,1H3. The Morgan fingerprint density at radius 3 is 2.36 bits per heavy atom. The van der Waals surface area contributed by atoms with Crippen LogP contribution in [0.5, 0.6) is 11.5 Å². The van der Waals surface area contributed by atoms with E-state index in [1.807, 2.05) is 48.5 Å². The minimum absolute atomic E-state index is 0.234. The second-order valence-electron chi connectivity index (χ2n) is 5.86. The molecular weight excluding hydrogens is 310 g/mol. The third-order valence-electron chi connectivity index (χ3n) is 4.25. The highest BCUT2D eigenvalue weighted by molar-refractivity contribution is 5.97. The van der Waals surface area contributed by atoms with Gasteiger partial charge < -0.3 is 9.84 Å². The van der Waals surface area contributed by atoms with E-state index in [1.165, 1.54) is 0 Å². The van der Waals surface area contributed by atoms with Gasteiger partial charge in [-0.25, -0.2) is 4.98 Å². The van der Waals surface area contributed by atoms with Gasteiger partial charge in [-0.3, -0.25) is 0 Å². The number of benzene rings is 3. The summed E-state index contributed by atoms with van der Waals surface area (Å²) in [6.45, 7) is 0.